The highest BCUT2D eigenvalue weighted by Crippen LogP contribution is 2.28. The van der Waals surface area contributed by atoms with Gasteiger partial charge in [-0.15, -0.1) is 11.3 Å². The number of amides is 1. The predicted octanol–water partition coefficient (Wildman–Crippen LogP) is 2.24. The number of nitro groups is 1. The molecule has 1 fully saturated rings. The van der Waals surface area contributed by atoms with E-state index in [9.17, 15) is 28.1 Å². The Morgan fingerprint density at radius 1 is 1.30 bits per heavy atom. The van der Waals surface area contributed by atoms with Crippen molar-refractivity contribution in [3.8, 4) is 0 Å². The lowest BCUT2D eigenvalue weighted by Crippen LogP contribution is -2.41. The van der Waals surface area contributed by atoms with Gasteiger partial charge in [0.15, 0.2) is 0 Å². The number of carbonyl (C=O) groups is 2. The number of non-ortho nitro benzene ring substituents is 1. The lowest BCUT2D eigenvalue weighted by Gasteiger charge is -2.22. The zero-order valence-corrected chi connectivity index (χ0v) is 18.8. The molecule has 2 aromatic heterocycles. The molecular weight excluding hydrogens is 476 g/mol. The minimum absolute atomic E-state index is 0.0388. The summed E-state index contributed by atoms with van der Waals surface area (Å²) in [4.78, 5) is 42.1. The van der Waals surface area contributed by atoms with Gasteiger partial charge in [-0.2, -0.15) is 8.42 Å². The number of ketones is 1. The number of ether oxygens (including phenoxy) is 1. The molecule has 1 aromatic carbocycles. The second kappa shape index (κ2) is 8.88. The van der Waals surface area contributed by atoms with Gasteiger partial charge in [0.2, 0.25) is 5.78 Å². The first-order valence-electron chi connectivity index (χ1n) is 9.62. The summed E-state index contributed by atoms with van der Waals surface area (Å²) in [5, 5.41) is 12.6. The van der Waals surface area contributed by atoms with Gasteiger partial charge in [-0.25, -0.2) is 9.78 Å². The molecule has 1 amide bonds. The van der Waals surface area contributed by atoms with E-state index in [1.807, 2.05) is 0 Å². The smallest absolute Gasteiger partial charge is 0.410 e. The molecule has 1 aliphatic heterocycles. The second-order valence-electron chi connectivity index (χ2n) is 7.38. The third kappa shape index (κ3) is 5.02. The molecule has 174 valence electrons. The van der Waals surface area contributed by atoms with E-state index in [0.29, 0.717) is 10.4 Å². The quantitative estimate of drug-likeness (QED) is 0.208. The Labute approximate surface area is 191 Å². The average Bonchev–Trinajstić information content (AvgIpc) is 3.46. The van der Waals surface area contributed by atoms with Crippen molar-refractivity contribution in [3.63, 3.8) is 0 Å². The van der Waals surface area contributed by atoms with E-state index >= 15 is 0 Å². The normalized spacial score (nSPS) is 18.5. The van der Waals surface area contributed by atoms with Gasteiger partial charge in [0.1, 0.15) is 29.5 Å². The number of thiazole rings is 1. The van der Waals surface area contributed by atoms with Crippen molar-refractivity contribution in [3.05, 3.63) is 63.5 Å². The van der Waals surface area contributed by atoms with E-state index in [2.05, 4.69) is 4.98 Å². The number of hydrogen-bond acceptors (Lipinski definition) is 10. The summed E-state index contributed by atoms with van der Waals surface area (Å²) in [7, 11) is -3.81. The highest BCUT2D eigenvalue weighted by molar-refractivity contribution is 7.86. The number of hydrogen-bond donors (Lipinski definition) is 0. The third-order valence-electron chi connectivity index (χ3n) is 5.00. The fourth-order valence-corrected chi connectivity index (χ4v) is 5.02. The fraction of sp³-hybridized carbons (Fsp3) is 0.316. The molecule has 14 heteroatoms. The number of rotatable bonds is 7. The molecule has 3 heterocycles. The minimum atomic E-state index is -3.81. The zero-order chi connectivity index (χ0) is 23.8. The summed E-state index contributed by atoms with van der Waals surface area (Å²) >= 11 is 1.31. The number of aromatic nitrogens is 2. The Morgan fingerprint density at radius 2 is 2.03 bits per heavy atom. The van der Waals surface area contributed by atoms with Crippen molar-refractivity contribution in [1.82, 2.24) is 14.3 Å². The van der Waals surface area contributed by atoms with Crippen LogP contribution in [0.15, 0.2) is 42.2 Å². The first-order valence-corrected chi connectivity index (χ1v) is 12.3. The van der Waals surface area contributed by atoms with Gasteiger partial charge < -0.3 is 4.74 Å². The van der Waals surface area contributed by atoms with Crippen LogP contribution in [0.1, 0.15) is 22.5 Å². The van der Waals surface area contributed by atoms with Gasteiger partial charge in [0, 0.05) is 30.1 Å². The van der Waals surface area contributed by atoms with Crippen LogP contribution in [0.3, 0.4) is 0 Å². The van der Waals surface area contributed by atoms with Crippen molar-refractivity contribution in [2.24, 2.45) is 0 Å². The summed E-state index contributed by atoms with van der Waals surface area (Å²) in [5.41, 5.74) is 0.577. The van der Waals surface area contributed by atoms with E-state index in [-0.39, 0.29) is 31.0 Å². The molecule has 1 aliphatic rings. The summed E-state index contributed by atoms with van der Waals surface area (Å²) in [6.45, 7) is -0.352. The molecule has 0 aliphatic carbocycles. The van der Waals surface area contributed by atoms with Crippen LogP contribution < -0.4 is 0 Å². The molecule has 33 heavy (non-hydrogen) atoms. The van der Waals surface area contributed by atoms with Crippen molar-refractivity contribution in [1.29, 1.82) is 0 Å². The van der Waals surface area contributed by atoms with Crippen LogP contribution in [-0.4, -0.2) is 64.4 Å². The molecule has 0 saturated carbocycles. The van der Waals surface area contributed by atoms with Gasteiger partial charge in [0.05, 0.1) is 23.8 Å². The summed E-state index contributed by atoms with van der Waals surface area (Å²) < 4.78 is 35.2. The highest BCUT2D eigenvalue weighted by atomic mass is 32.2. The molecular formula is C19H18N4O8S2. The van der Waals surface area contributed by atoms with Crippen LogP contribution in [0, 0.1) is 10.1 Å². The van der Waals surface area contributed by atoms with Gasteiger partial charge in [-0.1, -0.05) is 0 Å². The van der Waals surface area contributed by atoms with Crippen LogP contribution in [0.2, 0.25) is 0 Å². The van der Waals surface area contributed by atoms with Crippen molar-refractivity contribution in [2.75, 3.05) is 12.8 Å². The van der Waals surface area contributed by atoms with Crippen molar-refractivity contribution in [2.45, 2.75) is 25.2 Å². The number of nitrogens with zero attached hydrogens (tertiary/aromatic N) is 4. The zero-order valence-electron chi connectivity index (χ0n) is 17.2. The Bertz CT molecular complexity index is 1320. The van der Waals surface area contributed by atoms with E-state index in [4.69, 9.17) is 8.92 Å². The summed E-state index contributed by atoms with van der Waals surface area (Å²) in [6.07, 6.45) is 2.32. The van der Waals surface area contributed by atoms with E-state index in [0.717, 1.165) is 11.2 Å². The summed E-state index contributed by atoms with van der Waals surface area (Å²) in [5.74, 6) is -0.452. The molecule has 0 unspecified atom stereocenters. The van der Waals surface area contributed by atoms with Crippen molar-refractivity contribution >= 4 is 43.8 Å². The molecule has 0 N–H and O–H groups in total. The Morgan fingerprint density at radius 3 is 2.70 bits per heavy atom. The van der Waals surface area contributed by atoms with Crippen molar-refractivity contribution < 1.29 is 31.9 Å². The first kappa shape index (κ1) is 22.8. The Balaban J connectivity index is 1.52. The van der Waals surface area contributed by atoms with Gasteiger partial charge in [-0.05, 0) is 17.7 Å². The van der Waals surface area contributed by atoms with Gasteiger partial charge in [-0.3, -0.25) is 28.4 Å². The minimum Gasteiger partial charge on any atom is -0.445 e. The first-order chi connectivity index (χ1) is 15.6. The fourth-order valence-electron chi connectivity index (χ4n) is 3.57. The largest absolute Gasteiger partial charge is 0.445 e. The third-order valence-corrected chi connectivity index (χ3v) is 6.51. The van der Waals surface area contributed by atoms with E-state index in [1.54, 1.807) is 16.0 Å². The SMILES string of the molecule is CS(=O)(=O)O[C@@H]1C[C@@H](C(=O)c2ncn3ccsc23)N(C(=O)OCc2ccc([N+](=O)[O-])cc2)C1. The molecule has 0 radical (unpaired) electrons. The van der Waals surface area contributed by atoms with E-state index < -0.39 is 39.1 Å². The topological polar surface area (TPSA) is 150 Å². The molecule has 2 atom stereocenters. The number of carbonyl (C=O) groups excluding carboxylic acids is 2. The average molecular weight is 495 g/mol. The monoisotopic (exact) mass is 494 g/mol. The van der Waals surface area contributed by atoms with Gasteiger partial charge >= 0.3 is 6.09 Å². The number of Topliss-reactive ketones (excluding diaryl/α,β-unsaturated/α-hetero) is 1. The number of likely N-dealkylation sites (tertiary alicyclic amines) is 1. The maximum atomic E-state index is 13.2. The molecule has 4 rings (SSSR count). The maximum Gasteiger partial charge on any atom is 0.410 e. The second-order valence-corrected chi connectivity index (χ2v) is 9.87. The maximum absolute atomic E-state index is 13.2. The Kier molecular flexibility index (Phi) is 6.14. The lowest BCUT2D eigenvalue weighted by atomic mass is 10.1. The van der Waals surface area contributed by atoms with Gasteiger partial charge in [0.25, 0.3) is 15.8 Å². The Hall–Kier alpha value is -3.36. The summed E-state index contributed by atoms with van der Waals surface area (Å²) in [6, 6.07) is 4.44. The number of fused-ring (bicyclic) bond motifs is 1. The number of imidazole rings is 1. The molecule has 3 aromatic rings. The van der Waals surface area contributed by atoms with Crippen LogP contribution in [-0.2, 0) is 25.6 Å². The molecule has 1 saturated heterocycles. The lowest BCUT2D eigenvalue weighted by molar-refractivity contribution is -0.384. The van der Waals surface area contributed by atoms with Crippen LogP contribution >= 0.6 is 11.3 Å². The molecule has 12 nitrogen and oxygen atoms in total. The number of benzene rings is 1. The number of nitro benzene ring substituents is 1. The molecule has 0 spiro atoms. The highest BCUT2D eigenvalue weighted by Gasteiger charge is 2.43. The predicted molar refractivity (Wildman–Crippen MR) is 116 cm³/mol. The standard InChI is InChI=1S/C19H18N4O8S2/c1-33(28,29)31-14-8-15(17(24)16-18-21(11-20-16)6-7-32-18)22(9-14)19(25)30-10-12-2-4-13(5-3-12)23(26)27/h2-7,11,14-15H,8-10H2,1H3/t14-,15+/m1/s1. The molecule has 0 bridgehead atoms. The van der Waals surface area contributed by atoms with Crippen LogP contribution in [0.25, 0.3) is 4.83 Å². The van der Waals surface area contributed by atoms with Crippen LogP contribution in [0.5, 0.6) is 0 Å². The van der Waals surface area contributed by atoms with Crippen LogP contribution in [0.4, 0.5) is 10.5 Å². The van der Waals surface area contributed by atoms with E-state index in [1.165, 1.54) is 41.9 Å².